The van der Waals surface area contributed by atoms with Crippen molar-refractivity contribution in [1.29, 1.82) is 0 Å². The van der Waals surface area contributed by atoms with Gasteiger partial charge in [-0.1, -0.05) is 103 Å². The van der Waals surface area contributed by atoms with Crippen molar-refractivity contribution in [2.45, 2.75) is 31.4 Å². The lowest BCUT2D eigenvalue weighted by Gasteiger charge is -2.44. The molecule has 46 heavy (non-hydrogen) atoms. The summed E-state index contributed by atoms with van der Waals surface area (Å²) in [5.41, 5.74) is 0.395. The number of β-lactam (4-membered cyclic amide) rings is 1. The first-order chi connectivity index (χ1) is 22.1. The van der Waals surface area contributed by atoms with E-state index in [4.69, 9.17) is 4.74 Å². The van der Waals surface area contributed by atoms with Crippen LogP contribution >= 0.6 is 18.6 Å². The van der Waals surface area contributed by atoms with Gasteiger partial charge in [0.2, 0.25) is 11.0 Å². The van der Waals surface area contributed by atoms with E-state index in [1.165, 1.54) is 29.2 Å². The van der Waals surface area contributed by atoms with E-state index < -0.39 is 46.1 Å². The Hall–Kier alpha value is -4.83. The maximum Gasteiger partial charge on any atom is 0.356 e. The predicted molar refractivity (Wildman–Crippen MR) is 178 cm³/mol. The number of Topliss-reactive ketones (excluding diaryl/α,β-unsaturated/α-hetero) is 1. The van der Waals surface area contributed by atoms with Crippen molar-refractivity contribution in [3.63, 3.8) is 0 Å². The Morgan fingerprint density at radius 3 is 1.78 bits per heavy atom. The number of esters is 1. The quantitative estimate of drug-likeness (QED) is 0.0640. The first kappa shape index (κ1) is 32.6. The third-order valence-corrected chi connectivity index (χ3v) is 12.8. The van der Waals surface area contributed by atoms with Gasteiger partial charge in [0.05, 0.1) is 16.7 Å². The Balaban J connectivity index is 1.76. The van der Waals surface area contributed by atoms with E-state index in [9.17, 15) is 34.4 Å². The normalized spacial score (nSPS) is 15.0. The number of aliphatic hydroxyl groups excluding tert-OH is 1. The summed E-state index contributed by atoms with van der Waals surface area (Å²) < 4.78 is 5.90. The van der Waals surface area contributed by atoms with Gasteiger partial charge in [0.1, 0.15) is 12.0 Å². The molecule has 12 heteroatoms. The summed E-state index contributed by atoms with van der Waals surface area (Å²) in [5.74, 6) is -1.99. The van der Waals surface area contributed by atoms with E-state index in [0.717, 1.165) is 22.8 Å². The lowest BCUT2D eigenvalue weighted by atomic mass is 10.2. The maximum atomic E-state index is 14.6. The topological polar surface area (TPSA) is 144 Å². The molecule has 0 aliphatic carbocycles. The lowest BCUT2D eigenvalue weighted by molar-refractivity contribution is -0.384. The van der Waals surface area contributed by atoms with E-state index >= 15 is 0 Å². The number of amides is 1. The number of aliphatic hydroxyl groups is 1. The number of non-ortho nitro benzene ring substituents is 1. The van der Waals surface area contributed by atoms with Gasteiger partial charge in [0, 0.05) is 19.0 Å². The molecule has 1 aliphatic heterocycles. The van der Waals surface area contributed by atoms with Gasteiger partial charge in [-0.3, -0.25) is 29.4 Å². The van der Waals surface area contributed by atoms with Gasteiger partial charge in [0.25, 0.3) is 5.69 Å². The van der Waals surface area contributed by atoms with Gasteiger partial charge >= 0.3 is 5.97 Å². The molecule has 0 saturated carbocycles. The van der Waals surface area contributed by atoms with Crippen LogP contribution < -0.4 is 15.9 Å². The summed E-state index contributed by atoms with van der Waals surface area (Å²) >= 11 is 0.622. The van der Waals surface area contributed by atoms with Crippen LogP contribution in [0.5, 0.6) is 0 Å². The fourth-order valence-corrected chi connectivity index (χ4v) is 10.8. The van der Waals surface area contributed by atoms with Gasteiger partial charge in [0.15, 0.2) is 11.9 Å². The highest BCUT2D eigenvalue weighted by Gasteiger charge is 2.48. The minimum atomic E-state index is -3.24. The molecule has 1 amide bonds. The predicted octanol–water partition coefficient (Wildman–Crippen LogP) is 3.53. The SMILES string of the molecule is CC(=O)C(O)C(=O)S[C@H]1CC(=O)N1C(C(=O)OCc1ccc([N+](=O)[O-])cc1)=P(c1ccccc1)(c1ccccc1)c1ccccc1. The fourth-order valence-electron chi connectivity index (χ4n) is 5.19. The average Bonchev–Trinajstić information content (AvgIpc) is 3.08. The highest BCUT2D eigenvalue weighted by molar-refractivity contribution is 8.14. The summed E-state index contributed by atoms with van der Waals surface area (Å²) in [6.07, 6.45) is -1.99. The van der Waals surface area contributed by atoms with Crippen LogP contribution in [-0.2, 0) is 30.5 Å². The van der Waals surface area contributed by atoms with Crippen LogP contribution in [0.1, 0.15) is 18.9 Å². The number of thioether (sulfide) groups is 1. The van der Waals surface area contributed by atoms with Gasteiger partial charge < -0.3 is 9.84 Å². The molecule has 5 rings (SSSR count). The zero-order valence-corrected chi connectivity index (χ0v) is 26.3. The molecule has 2 atom stereocenters. The summed E-state index contributed by atoms with van der Waals surface area (Å²) in [7, 11) is 0. The number of nitro groups is 1. The maximum absolute atomic E-state index is 14.6. The lowest BCUT2D eigenvalue weighted by Crippen LogP contribution is -2.59. The van der Waals surface area contributed by atoms with Crippen LogP contribution in [0, 0.1) is 10.1 Å². The number of carbonyl (C=O) groups is 4. The largest absolute Gasteiger partial charge is 0.456 e. The average molecular weight is 657 g/mol. The van der Waals surface area contributed by atoms with Crippen LogP contribution in [0.15, 0.2) is 115 Å². The van der Waals surface area contributed by atoms with Crippen molar-refractivity contribution >= 4 is 68.4 Å². The second-order valence-electron chi connectivity index (χ2n) is 10.4. The molecular weight excluding hydrogens is 627 g/mol. The first-order valence-corrected chi connectivity index (χ1v) is 16.9. The Morgan fingerprint density at radius 2 is 1.37 bits per heavy atom. The van der Waals surface area contributed by atoms with Crippen LogP contribution in [0.4, 0.5) is 5.69 Å². The second-order valence-corrected chi connectivity index (χ2v) is 14.9. The summed E-state index contributed by atoms with van der Waals surface area (Å²) in [6, 6.07) is 33.4. The van der Waals surface area contributed by atoms with Crippen molar-refractivity contribution in [2.24, 2.45) is 0 Å². The molecule has 0 spiro atoms. The van der Waals surface area contributed by atoms with Gasteiger partial charge in [-0.25, -0.2) is 4.79 Å². The molecule has 0 aromatic heterocycles. The first-order valence-electron chi connectivity index (χ1n) is 14.2. The second kappa shape index (κ2) is 14.1. The zero-order chi connectivity index (χ0) is 32.8. The Morgan fingerprint density at radius 1 is 0.891 bits per heavy atom. The van der Waals surface area contributed by atoms with E-state index in [0.29, 0.717) is 17.3 Å². The Labute approximate surface area is 269 Å². The summed E-state index contributed by atoms with van der Waals surface area (Å²) in [4.78, 5) is 64.7. The van der Waals surface area contributed by atoms with Gasteiger partial charge in [-0.15, -0.1) is 0 Å². The van der Waals surface area contributed by atoms with E-state index in [1.807, 2.05) is 91.0 Å². The Kier molecular flexibility index (Phi) is 9.96. The Bertz CT molecular complexity index is 1730. The molecule has 1 N–H and O–H groups in total. The van der Waals surface area contributed by atoms with E-state index in [2.05, 4.69) is 0 Å². The van der Waals surface area contributed by atoms with Crippen LogP contribution in [0.3, 0.4) is 0 Å². The molecular formula is C34H29N2O8PS. The number of carbonyl (C=O) groups excluding carboxylic acids is 4. The number of rotatable bonds is 11. The summed E-state index contributed by atoms with van der Waals surface area (Å²) in [5, 5.41) is 21.8. The number of nitrogens with zero attached hydrogens (tertiary/aromatic N) is 2. The molecule has 0 bridgehead atoms. The number of likely N-dealkylation sites (tertiary alicyclic amines) is 1. The van der Waals surface area contributed by atoms with Crippen LogP contribution in [0.2, 0.25) is 0 Å². The fraction of sp³-hybridized carbons (Fsp3) is 0.147. The number of benzene rings is 4. The van der Waals surface area contributed by atoms with Crippen molar-refractivity contribution < 1.29 is 33.9 Å². The number of hydrogen-bond acceptors (Lipinski definition) is 9. The van der Waals surface area contributed by atoms with Crippen molar-refractivity contribution in [3.8, 4) is 0 Å². The molecule has 10 nitrogen and oxygen atoms in total. The molecule has 1 fully saturated rings. The third kappa shape index (κ3) is 6.44. The summed E-state index contributed by atoms with van der Waals surface area (Å²) in [6.45, 7) is -2.40. The smallest absolute Gasteiger partial charge is 0.356 e. The van der Waals surface area contributed by atoms with Crippen molar-refractivity contribution in [1.82, 2.24) is 4.90 Å². The minimum Gasteiger partial charge on any atom is -0.456 e. The van der Waals surface area contributed by atoms with Gasteiger partial charge in [-0.05, 0) is 40.5 Å². The monoisotopic (exact) mass is 656 g/mol. The zero-order valence-electron chi connectivity index (χ0n) is 24.6. The molecule has 4 aromatic rings. The molecule has 1 heterocycles. The van der Waals surface area contributed by atoms with Gasteiger partial charge in [-0.2, -0.15) is 0 Å². The van der Waals surface area contributed by atoms with Crippen molar-refractivity contribution in [3.05, 3.63) is 131 Å². The van der Waals surface area contributed by atoms with E-state index in [1.54, 1.807) is 0 Å². The molecule has 234 valence electrons. The highest BCUT2D eigenvalue weighted by atomic mass is 32.2. The molecule has 4 aromatic carbocycles. The third-order valence-electron chi connectivity index (χ3n) is 7.44. The van der Waals surface area contributed by atoms with Crippen LogP contribution in [0.25, 0.3) is 0 Å². The van der Waals surface area contributed by atoms with E-state index in [-0.39, 0.29) is 24.1 Å². The molecule has 1 saturated heterocycles. The molecule has 1 aliphatic rings. The number of ketones is 1. The van der Waals surface area contributed by atoms with Crippen LogP contribution in [-0.4, -0.2) is 54.6 Å². The number of hydrogen-bond donors (Lipinski definition) is 1. The highest BCUT2D eigenvalue weighted by Crippen LogP contribution is 2.49. The van der Waals surface area contributed by atoms with Crippen molar-refractivity contribution in [2.75, 3.05) is 0 Å². The number of nitro benzene ring substituents is 1. The number of ether oxygens (including phenoxy) is 1. The molecule has 1 unspecified atom stereocenters. The standard InChI is InChI=1S/C34H29N2O8PS/c1-23(37)31(39)34(41)46-30-21-29(38)35(30)32(33(40)44-22-24-17-19-25(20-18-24)36(42)43)45(26-11-5-2-6-12-26,27-13-7-3-8-14-27)28-15-9-4-10-16-28/h2-20,30-31,39H,21-22H2,1H3/t30-,31?/m0/s1. The minimum absolute atomic E-state index is 0.0249. The molecule has 0 radical (unpaired) electrons.